The molecule has 102 valence electrons. The molecule has 0 unspecified atom stereocenters. The molecule has 0 aliphatic heterocycles. The van der Waals surface area contributed by atoms with Gasteiger partial charge in [0, 0.05) is 5.56 Å². The summed E-state index contributed by atoms with van der Waals surface area (Å²) in [6.45, 7) is 0. The van der Waals surface area contributed by atoms with Gasteiger partial charge >= 0.3 is 0 Å². The minimum Gasteiger partial charge on any atom is -0.495 e. The van der Waals surface area contributed by atoms with Crippen molar-refractivity contribution in [3.05, 3.63) is 54.1 Å². The summed E-state index contributed by atoms with van der Waals surface area (Å²) in [5, 5.41) is 0. The van der Waals surface area contributed by atoms with Gasteiger partial charge in [0.2, 0.25) is 0 Å². The molecule has 2 rings (SSSR count). The van der Waals surface area contributed by atoms with Gasteiger partial charge in [-0.3, -0.25) is 4.79 Å². The lowest BCUT2D eigenvalue weighted by atomic mass is 10.0. The van der Waals surface area contributed by atoms with Gasteiger partial charge in [-0.25, -0.2) is 0 Å². The molecule has 0 heterocycles. The number of hydrogen-bond acceptors (Lipinski definition) is 2. The Morgan fingerprint density at radius 2 is 1.63 bits per heavy atom. The Bertz CT molecular complexity index is 544. The first kappa shape index (κ1) is 17.3. The van der Waals surface area contributed by atoms with Gasteiger partial charge < -0.3 is 10.5 Å². The number of halogens is 2. The summed E-state index contributed by atoms with van der Waals surface area (Å²) in [4.78, 5) is 11.3. The topological polar surface area (TPSA) is 52.3 Å². The molecule has 2 aromatic carbocycles. The molecule has 1 amide bonds. The molecule has 0 atom stereocenters. The Labute approximate surface area is 124 Å². The Balaban J connectivity index is 0.00000162. The third kappa shape index (κ3) is 3.63. The molecule has 0 saturated carbocycles. The molecule has 0 aliphatic carbocycles. The Morgan fingerprint density at radius 1 is 1.00 bits per heavy atom. The molecule has 0 fully saturated rings. The largest absolute Gasteiger partial charge is 0.495 e. The SMILES string of the molecule is COc1c(C(N)=O)cccc1-c1ccccc1.Cl.Cl. The van der Waals surface area contributed by atoms with Crippen LogP contribution in [0.3, 0.4) is 0 Å². The van der Waals surface area contributed by atoms with Crippen molar-refractivity contribution in [1.29, 1.82) is 0 Å². The molecular formula is C14H15Cl2NO2. The van der Waals surface area contributed by atoms with Crippen LogP contribution < -0.4 is 10.5 Å². The van der Waals surface area contributed by atoms with Crippen LogP contribution in [-0.4, -0.2) is 13.0 Å². The summed E-state index contributed by atoms with van der Waals surface area (Å²) in [5.74, 6) is 0.0332. The van der Waals surface area contributed by atoms with Gasteiger partial charge in [0.25, 0.3) is 5.91 Å². The molecule has 3 nitrogen and oxygen atoms in total. The van der Waals surface area contributed by atoms with E-state index in [-0.39, 0.29) is 24.8 Å². The summed E-state index contributed by atoms with van der Waals surface area (Å²) in [6.07, 6.45) is 0. The fourth-order valence-electron chi connectivity index (χ4n) is 1.80. The van der Waals surface area contributed by atoms with Crippen LogP contribution in [0.15, 0.2) is 48.5 Å². The van der Waals surface area contributed by atoms with Gasteiger partial charge in [-0.2, -0.15) is 0 Å². The fourth-order valence-corrected chi connectivity index (χ4v) is 1.80. The molecule has 0 spiro atoms. The van der Waals surface area contributed by atoms with Gasteiger partial charge in [-0.05, 0) is 11.6 Å². The number of primary amides is 1. The van der Waals surface area contributed by atoms with E-state index < -0.39 is 5.91 Å². The third-order valence-electron chi connectivity index (χ3n) is 2.57. The average molecular weight is 300 g/mol. The van der Waals surface area contributed by atoms with Crippen molar-refractivity contribution in [3.63, 3.8) is 0 Å². The van der Waals surface area contributed by atoms with Crippen LogP contribution in [-0.2, 0) is 0 Å². The van der Waals surface area contributed by atoms with Crippen LogP contribution in [0.4, 0.5) is 0 Å². The number of carbonyl (C=O) groups excluding carboxylic acids is 1. The lowest BCUT2D eigenvalue weighted by Crippen LogP contribution is -2.12. The number of hydrogen-bond donors (Lipinski definition) is 1. The second kappa shape index (κ2) is 7.67. The van der Waals surface area contributed by atoms with Gasteiger partial charge in [0.15, 0.2) is 0 Å². The van der Waals surface area contributed by atoms with Gasteiger partial charge in [0.1, 0.15) is 5.75 Å². The first-order valence-electron chi connectivity index (χ1n) is 5.26. The smallest absolute Gasteiger partial charge is 0.252 e. The van der Waals surface area contributed by atoms with E-state index in [0.717, 1.165) is 11.1 Å². The molecule has 0 radical (unpaired) electrons. The van der Waals surface area contributed by atoms with Crippen LogP contribution in [0, 0.1) is 0 Å². The van der Waals surface area contributed by atoms with E-state index in [1.165, 1.54) is 7.11 Å². The van der Waals surface area contributed by atoms with Crippen molar-refractivity contribution < 1.29 is 9.53 Å². The quantitative estimate of drug-likeness (QED) is 0.945. The van der Waals surface area contributed by atoms with Crippen LogP contribution in [0.1, 0.15) is 10.4 Å². The molecule has 0 aromatic heterocycles. The van der Waals surface area contributed by atoms with Crippen LogP contribution in [0.5, 0.6) is 5.75 Å². The van der Waals surface area contributed by atoms with E-state index in [1.807, 2.05) is 36.4 Å². The molecule has 0 saturated heterocycles. The molecule has 5 heteroatoms. The number of nitrogens with two attached hydrogens (primary N) is 1. The van der Waals surface area contributed by atoms with Crippen LogP contribution >= 0.6 is 24.8 Å². The standard InChI is InChI=1S/C14H13NO2.2ClH/c1-17-13-11(10-6-3-2-4-7-10)8-5-9-12(13)14(15)16;;/h2-9H,1H3,(H2,15,16);2*1H. The van der Waals surface area contributed by atoms with E-state index >= 15 is 0 Å². The van der Waals surface area contributed by atoms with Crippen molar-refractivity contribution in [1.82, 2.24) is 0 Å². The Hall–Kier alpha value is -1.71. The zero-order chi connectivity index (χ0) is 12.3. The van der Waals surface area contributed by atoms with Crippen molar-refractivity contribution in [2.45, 2.75) is 0 Å². The zero-order valence-corrected chi connectivity index (χ0v) is 12.0. The monoisotopic (exact) mass is 299 g/mol. The Morgan fingerprint density at radius 3 is 2.16 bits per heavy atom. The summed E-state index contributed by atoms with van der Waals surface area (Å²) in [6, 6.07) is 15.1. The molecule has 2 aromatic rings. The molecule has 0 bridgehead atoms. The number of methoxy groups -OCH3 is 1. The highest BCUT2D eigenvalue weighted by Crippen LogP contribution is 2.32. The highest BCUT2D eigenvalue weighted by molar-refractivity contribution is 5.98. The van der Waals surface area contributed by atoms with Crippen molar-refractivity contribution in [2.24, 2.45) is 5.73 Å². The molecule has 0 aliphatic rings. The normalized spacial score (nSPS) is 8.89. The van der Waals surface area contributed by atoms with Gasteiger partial charge in [0.05, 0.1) is 12.7 Å². The summed E-state index contributed by atoms with van der Waals surface area (Å²) in [5.41, 5.74) is 7.57. The lowest BCUT2D eigenvalue weighted by molar-refractivity contribution is 0.0997. The van der Waals surface area contributed by atoms with Crippen LogP contribution in [0.25, 0.3) is 11.1 Å². The fraction of sp³-hybridized carbons (Fsp3) is 0.0714. The summed E-state index contributed by atoms with van der Waals surface area (Å²) >= 11 is 0. The van der Waals surface area contributed by atoms with E-state index in [1.54, 1.807) is 12.1 Å². The van der Waals surface area contributed by atoms with Gasteiger partial charge in [-0.1, -0.05) is 42.5 Å². The molecule has 19 heavy (non-hydrogen) atoms. The lowest BCUT2D eigenvalue weighted by Gasteiger charge is -2.11. The number of carbonyl (C=O) groups is 1. The van der Waals surface area contributed by atoms with E-state index in [2.05, 4.69) is 0 Å². The first-order chi connectivity index (χ1) is 8.24. The number of rotatable bonds is 3. The minimum absolute atomic E-state index is 0. The summed E-state index contributed by atoms with van der Waals surface area (Å²) < 4.78 is 5.29. The number of amides is 1. The average Bonchev–Trinajstić information content (AvgIpc) is 2.38. The Kier molecular flexibility index (Phi) is 6.98. The van der Waals surface area contributed by atoms with E-state index in [9.17, 15) is 4.79 Å². The molecular weight excluding hydrogens is 285 g/mol. The third-order valence-corrected chi connectivity index (χ3v) is 2.57. The maximum Gasteiger partial charge on any atom is 0.252 e. The molecule has 2 N–H and O–H groups in total. The number of para-hydroxylation sites is 1. The predicted octanol–water partition coefficient (Wildman–Crippen LogP) is 3.30. The van der Waals surface area contributed by atoms with Gasteiger partial charge in [-0.15, -0.1) is 24.8 Å². The minimum atomic E-state index is -0.486. The number of ether oxygens (including phenoxy) is 1. The maximum atomic E-state index is 11.3. The van der Waals surface area contributed by atoms with E-state index in [4.69, 9.17) is 10.5 Å². The highest BCUT2D eigenvalue weighted by atomic mass is 35.5. The first-order valence-corrected chi connectivity index (χ1v) is 5.26. The van der Waals surface area contributed by atoms with Crippen LogP contribution in [0.2, 0.25) is 0 Å². The maximum absolute atomic E-state index is 11.3. The van der Waals surface area contributed by atoms with Crippen molar-refractivity contribution in [3.8, 4) is 16.9 Å². The predicted molar refractivity (Wildman–Crippen MR) is 81.4 cm³/mol. The zero-order valence-electron chi connectivity index (χ0n) is 10.3. The van der Waals surface area contributed by atoms with Crippen molar-refractivity contribution in [2.75, 3.05) is 7.11 Å². The highest BCUT2D eigenvalue weighted by Gasteiger charge is 2.13. The summed E-state index contributed by atoms with van der Waals surface area (Å²) in [7, 11) is 1.54. The second-order valence-corrected chi connectivity index (χ2v) is 3.62. The second-order valence-electron chi connectivity index (χ2n) is 3.62. The van der Waals surface area contributed by atoms with Crippen molar-refractivity contribution >= 4 is 30.7 Å². The number of benzene rings is 2. The van der Waals surface area contributed by atoms with E-state index in [0.29, 0.717) is 11.3 Å².